The molecule has 0 saturated carbocycles. The molecule has 0 radical (unpaired) electrons. The molecule has 0 aliphatic carbocycles. The van der Waals surface area contributed by atoms with E-state index in [0.29, 0.717) is 6.54 Å². The lowest BCUT2D eigenvalue weighted by atomic mass is 10.0. The van der Waals surface area contributed by atoms with Crippen molar-refractivity contribution in [1.29, 1.82) is 0 Å². The average Bonchev–Trinajstić information content (AvgIpc) is 2.98. The van der Waals surface area contributed by atoms with E-state index in [-0.39, 0.29) is 42.0 Å². The molecule has 0 aliphatic heterocycles. The fourth-order valence-electron chi connectivity index (χ4n) is 2.89. The summed E-state index contributed by atoms with van der Waals surface area (Å²) in [5.41, 5.74) is -0.510. The number of aliphatic imine (C=N–C) groups is 1. The van der Waals surface area contributed by atoms with E-state index in [1.807, 2.05) is 46.4 Å². The number of guanidine groups is 1. The van der Waals surface area contributed by atoms with Gasteiger partial charge in [-0.25, -0.2) is 9.79 Å². The standard InChI is InChI=1S/C22H43N7O2.HI/c1-10-11-13-23-20(24-15-19-27-26-17(4)29(19)9)28(8)14-12-18(16(2)3)25-21(30)31-22(5,6)7;/h16,18H,10-15H2,1-9H3,(H,23,24)(H,25,30);1H. The fraction of sp³-hybridized carbons (Fsp3) is 0.818. The molecule has 10 heteroatoms. The van der Waals surface area contributed by atoms with Gasteiger partial charge < -0.3 is 24.8 Å². The van der Waals surface area contributed by atoms with E-state index in [9.17, 15) is 4.79 Å². The predicted molar refractivity (Wildman–Crippen MR) is 140 cm³/mol. The van der Waals surface area contributed by atoms with Crippen LogP contribution >= 0.6 is 24.0 Å². The van der Waals surface area contributed by atoms with E-state index >= 15 is 0 Å². The van der Waals surface area contributed by atoms with E-state index in [0.717, 1.165) is 50.0 Å². The van der Waals surface area contributed by atoms with Gasteiger partial charge in [-0.15, -0.1) is 34.2 Å². The number of carbonyl (C=O) groups excluding carboxylic acids is 1. The number of hydrogen-bond donors (Lipinski definition) is 2. The first-order valence-electron chi connectivity index (χ1n) is 11.3. The van der Waals surface area contributed by atoms with Gasteiger partial charge in [0.15, 0.2) is 11.8 Å². The number of alkyl carbamates (subject to hydrolysis) is 1. The summed E-state index contributed by atoms with van der Waals surface area (Å²) in [6.45, 7) is 16.0. The van der Waals surface area contributed by atoms with Crippen LogP contribution in [0.3, 0.4) is 0 Å². The average molecular weight is 566 g/mol. The molecule has 1 aromatic rings. The van der Waals surface area contributed by atoms with Crippen LogP contribution in [0.15, 0.2) is 4.99 Å². The van der Waals surface area contributed by atoms with E-state index in [1.165, 1.54) is 0 Å². The van der Waals surface area contributed by atoms with Crippen LogP contribution in [-0.2, 0) is 18.3 Å². The number of amides is 1. The molecule has 186 valence electrons. The van der Waals surface area contributed by atoms with Crippen molar-refractivity contribution in [3.05, 3.63) is 11.6 Å². The third kappa shape index (κ3) is 11.3. The van der Waals surface area contributed by atoms with E-state index in [2.05, 4.69) is 46.5 Å². The number of rotatable bonds is 10. The second-order valence-electron chi connectivity index (χ2n) is 9.35. The Hall–Kier alpha value is -1.59. The third-order valence-corrected chi connectivity index (χ3v) is 5.01. The highest BCUT2D eigenvalue weighted by molar-refractivity contribution is 14.0. The van der Waals surface area contributed by atoms with E-state index in [4.69, 9.17) is 9.73 Å². The van der Waals surface area contributed by atoms with Gasteiger partial charge in [0.25, 0.3) is 0 Å². The van der Waals surface area contributed by atoms with Gasteiger partial charge in [0, 0.05) is 33.2 Å². The first-order valence-corrected chi connectivity index (χ1v) is 11.3. The normalized spacial score (nSPS) is 12.9. The molecular formula is C22H44IN7O2. The largest absolute Gasteiger partial charge is 0.444 e. The van der Waals surface area contributed by atoms with Crippen LogP contribution in [0.4, 0.5) is 4.79 Å². The lowest BCUT2D eigenvalue weighted by molar-refractivity contribution is 0.0486. The zero-order valence-electron chi connectivity index (χ0n) is 21.4. The van der Waals surface area contributed by atoms with Gasteiger partial charge in [-0.3, -0.25) is 0 Å². The lowest BCUT2D eigenvalue weighted by Gasteiger charge is -2.28. The summed E-state index contributed by atoms with van der Waals surface area (Å²) in [6.07, 6.45) is 2.60. The minimum Gasteiger partial charge on any atom is -0.444 e. The number of halogens is 1. The summed E-state index contributed by atoms with van der Waals surface area (Å²) in [7, 11) is 3.97. The Balaban J connectivity index is 0.00000961. The number of hydrogen-bond acceptors (Lipinski definition) is 5. The number of nitrogens with one attached hydrogen (secondary N) is 2. The zero-order valence-corrected chi connectivity index (χ0v) is 23.7. The zero-order chi connectivity index (χ0) is 23.6. The molecule has 1 heterocycles. The molecule has 0 bridgehead atoms. The number of unbranched alkanes of at least 4 members (excludes halogenated alkanes) is 1. The molecule has 0 aliphatic rings. The summed E-state index contributed by atoms with van der Waals surface area (Å²) in [4.78, 5) is 19.1. The van der Waals surface area contributed by atoms with Gasteiger partial charge >= 0.3 is 6.09 Å². The van der Waals surface area contributed by atoms with Crippen molar-refractivity contribution in [2.45, 2.75) is 85.9 Å². The van der Waals surface area contributed by atoms with Crippen molar-refractivity contribution < 1.29 is 9.53 Å². The summed E-state index contributed by atoms with van der Waals surface area (Å²) in [5, 5.41) is 14.8. The summed E-state index contributed by atoms with van der Waals surface area (Å²) >= 11 is 0. The highest BCUT2D eigenvalue weighted by atomic mass is 127. The Morgan fingerprint density at radius 3 is 2.44 bits per heavy atom. The second kappa shape index (κ2) is 14.5. The van der Waals surface area contributed by atoms with Crippen LogP contribution in [-0.4, -0.2) is 63.5 Å². The fourth-order valence-corrected chi connectivity index (χ4v) is 2.89. The Morgan fingerprint density at radius 2 is 1.94 bits per heavy atom. The quantitative estimate of drug-likeness (QED) is 0.194. The molecule has 1 aromatic heterocycles. The predicted octanol–water partition coefficient (Wildman–Crippen LogP) is 3.86. The van der Waals surface area contributed by atoms with Crippen molar-refractivity contribution >= 4 is 36.0 Å². The number of ether oxygens (including phenoxy) is 1. The van der Waals surface area contributed by atoms with Crippen LogP contribution in [0.25, 0.3) is 0 Å². The highest BCUT2D eigenvalue weighted by Crippen LogP contribution is 2.11. The first-order chi connectivity index (χ1) is 14.4. The minimum atomic E-state index is -0.510. The molecular weight excluding hydrogens is 521 g/mol. The first kappa shape index (κ1) is 30.4. The maximum absolute atomic E-state index is 12.2. The SMILES string of the molecule is CCCCNC(=NCc1nnc(C)n1C)N(C)CCC(NC(=O)OC(C)(C)C)C(C)C.I. The van der Waals surface area contributed by atoms with Crippen molar-refractivity contribution in [2.75, 3.05) is 20.1 Å². The van der Waals surface area contributed by atoms with Gasteiger partial charge in [-0.05, 0) is 46.5 Å². The molecule has 1 unspecified atom stereocenters. The third-order valence-electron chi connectivity index (χ3n) is 5.01. The summed E-state index contributed by atoms with van der Waals surface area (Å²) in [5.74, 6) is 2.81. The Kier molecular flexibility index (Phi) is 13.8. The van der Waals surface area contributed by atoms with Crippen LogP contribution in [0, 0.1) is 12.8 Å². The maximum atomic E-state index is 12.2. The smallest absolute Gasteiger partial charge is 0.407 e. The van der Waals surface area contributed by atoms with E-state index < -0.39 is 5.60 Å². The Morgan fingerprint density at radius 1 is 1.28 bits per heavy atom. The maximum Gasteiger partial charge on any atom is 0.407 e. The van der Waals surface area contributed by atoms with Crippen molar-refractivity contribution in [3.8, 4) is 0 Å². The van der Waals surface area contributed by atoms with Crippen molar-refractivity contribution in [1.82, 2.24) is 30.3 Å². The molecule has 0 spiro atoms. The van der Waals surface area contributed by atoms with Crippen molar-refractivity contribution in [2.24, 2.45) is 18.0 Å². The number of nitrogens with zero attached hydrogens (tertiary/aromatic N) is 5. The molecule has 1 amide bonds. The van der Waals surface area contributed by atoms with Gasteiger partial charge in [-0.1, -0.05) is 27.2 Å². The lowest BCUT2D eigenvalue weighted by Crippen LogP contribution is -2.45. The minimum absolute atomic E-state index is 0. The molecule has 1 atom stereocenters. The number of aryl methyl sites for hydroxylation is 1. The van der Waals surface area contributed by atoms with Gasteiger partial charge in [0.1, 0.15) is 18.0 Å². The molecule has 32 heavy (non-hydrogen) atoms. The van der Waals surface area contributed by atoms with Crippen LogP contribution in [0.5, 0.6) is 0 Å². The van der Waals surface area contributed by atoms with Gasteiger partial charge in [-0.2, -0.15) is 0 Å². The second-order valence-corrected chi connectivity index (χ2v) is 9.35. The molecule has 1 rings (SSSR count). The van der Waals surface area contributed by atoms with Crippen LogP contribution in [0.2, 0.25) is 0 Å². The summed E-state index contributed by atoms with van der Waals surface area (Å²) in [6, 6.07) is 0.00980. The molecule has 9 nitrogen and oxygen atoms in total. The monoisotopic (exact) mass is 565 g/mol. The van der Waals surface area contributed by atoms with Crippen LogP contribution < -0.4 is 10.6 Å². The highest BCUT2D eigenvalue weighted by Gasteiger charge is 2.22. The summed E-state index contributed by atoms with van der Waals surface area (Å²) < 4.78 is 7.38. The molecule has 2 N–H and O–H groups in total. The Bertz CT molecular complexity index is 714. The van der Waals surface area contributed by atoms with Gasteiger partial charge in [0.2, 0.25) is 0 Å². The van der Waals surface area contributed by atoms with Crippen molar-refractivity contribution in [3.63, 3.8) is 0 Å². The Labute approximate surface area is 211 Å². The van der Waals surface area contributed by atoms with Gasteiger partial charge in [0.05, 0.1) is 0 Å². The molecule has 0 saturated heterocycles. The molecule has 0 fully saturated rings. The number of carbonyl (C=O) groups is 1. The number of aromatic nitrogens is 3. The topological polar surface area (TPSA) is 96.7 Å². The van der Waals surface area contributed by atoms with E-state index in [1.54, 1.807) is 0 Å². The molecule has 0 aromatic carbocycles. The van der Waals surface area contributed by atoms with Crippen LogP contribution in [0.1, 0.15) is 72.5 Å².